The van der Waals surface area contributed by atoms with Crippen molar-refractivity contribution in [2.75, 3.05) is 0 Å². The van der Waals surface area contributed by atoms with Crippen LogP contribution in [0.2, 0.25) is 0 Å². The zero-order valence-corrected chi connectivity index (χ0v) is 10.1. The van der Waals surface area contributed by atoms with Gasteiger partial charge in [-0.15, -0.1) is 0 Å². The van der Waals surface area contributed by atoms with Gasteiger partial charge in [-0.05, 0) is 18.2 Å². The number of aromatic nitrogens is 1. The van der Waals surface area contributed by atoms with Gasteiger partial charge in [-0.3, -0.25) is 20.2 Å². The summed E-state index contributed by atoms with van der Waals surface area (Å²) >= 11 is 0. The van der Waals surface area contributed by atoms with Crippen LogP contribution in [0.4, 0.5) is 11.4 Å². The van der Waals surface area contributed by atoms with Gasteiger partial charge in [-0.1, -0.05) is 0 Å². The lowest BCUT2D eigenvalue weighted by molar-refractivity contribution is -0.394. The predicted octanol–water partition coefficient (Wildman–Crippen LogP) is 2.22. The molecule has 100 valence electrons. The summed E-state index contributed by atoms with van der Waals surface area (Å²) in [6, 6.07) is 8.65. The molecule has 8 nitrogen and oxygen atoms in total. The second kappa shape index (κ2) is 5.19. The van der Waals surface area contributed by atoms with Crippen molar-refractivity contribution in [3.63, 3.8) is 0 Å². The molecular formula is C12H8N4O4. The summed E-state index contributed by atoms with van der Waals surface area (Å²) < 4.78 is 1.54. The average molecular weight is 272 g/mol. The van der Waals surface area contributed by atoms with Crippen molar-refractivity contribution in [1.29, 1.82) is 5.26 Å². The van der Waals surface area contributed by atoms with Gasteiger partial charge in [-0.25, -0.2) is 0 Å². The number of hydrogen-bond acceptors (Lipinski definition) is 5. The highest BCUT2D eigenvalue weighted by atomic mass is 16.6. The predicted molar refractivity (Wildman–Crippen MR) is 68.0 cm³/mol. The number of nitro benzene ring substituents is 2. The molecule has 0 aliphatic rings. The summed E-state index contributed by atoms with van der Waals surface area (Å²) in [5.74, 6) is 0. The zero-order valence-electron chi connectivity index (χ0n) is 10.1. The van der Waals surface area contributed by atoms with Crippen LogP contribution in [0.15, 0.2) is 36.5 Å². The third-order valence-corrected chi connectivity index (χ3v) is 2.76. The van der Waals surface area contributed by atoms with Crippen molar-refractivity contribution in [3.8, 4) is 6.07 Å². The van der Waals surface area contributed by atoms with E-state index in [9.17, 15) is 20.2 Å². The summed E-state index contributed by atoms with van der Waals surface area (Å²) in [4.78, 5) is 20.3. The van der Waals surface area contributed by atoms with Crippen LogP contribution in [0.5, 0.6) is 0 Å². The molecule has 2 rings (SSSR count). The van der Waals surface area contributed by atoms with Crippen LogP contribution in [0.25, 0.3) is 0 Å². The Hall–Kier alpha value is -3.21. The number of nitro groups is 2. The second-order valence-electron chi connectivity index (χ2n) is 3.96. The Morgan fingerprint density at radius 2 is 1.95 bits per heavy atom. The molecule has 0 aliphatic heterocycles. The van der Waals surface area contributed by atoms with Crippen LogP contribution >= 0.6 is 0 Å². The number of nitrogens with zero attached hydrogens (tertiary/aromatic N) is 4. The fraction of sp³-hybridized carbons (Fsp3) is 0.0833. The Morgan fingerprint density at radius 1 is 1.20 bits per heavy atom. The van der Waals surface area contributed by atoms with Crippen molar-refractivity contribution in [2.24, 2.45) is 0 Å². The van der Waals surface area contributed by atoms with Gasteiger partial charge in [0.2, 0.25) is 0 Å². The van der Waals surface area contributed by atoms with Gasteiger partial charge in [0.25, 0.3) is 11.4 Å². The molecule has 8 heteroatoms. The summed E-state index contributed by atoms with van der Waals surface area (Å²) in [6.45, 7) is 0.101. The monoisotopic (exact) mass is 272 g/mol. The largest absolute Gasteiger partial charge is 0.335 e. The standard InChI is InChI=1S/C12H8N4O4/c13-7-11-2-1-5-14(11)8-9-3-4-10(15(17)18)6-12(9)16(19)20/h1-6H,8H2. The molecule has 0 saturated carbocycles. The van der Waals surface area contributed by atoms with Crippen LogP contribution in [-0.2, 0) is 6.54 Å². The Labute approximate surface area is 112 Å². The van der Waals surface area contributed by atoms with Gasteiger partial charge < -0.3 is 4.57 Å². The number of benzene rings is 1. The molecule has 0 bridgehead atoms. The molecule has 0 spiro atoms. The highest BCUT2D eigenvalue weighted by Gasteiger charge is 2.19. The Balaban J connectivity index is 2.44. The second-order valence-corrected chi connectivity index (χ2v) is 3.96. The smallest absolute Gasteiger partial charge is 0.281 e. The van der Waals surface area contributed by atoms with E-state index in [0.717, 1.165) is 6.07 Å². The lowest BCUT2D eigenvalue weighted by Crippen LogP contribution is -2.04. The van der Waals surface area contributed by atoms with Crippen molar-refractivity contribution >= 4 is 11.4 Å². The number of hydrogen-bond donors (Lipinski definition) is 0. The molecule has 0 fully saturated rings. The highest BCUT2D eigenvalue weighted by Crippen LogP contribution is 2.25. The molecule has 2 aromatic rings. The molecular weight excluding hydrogens is 264 g/mol. The van der Waals surface area contributed by atoms with E-state index in [0.29, 0.717) is 11.3 Å². The summed E-state index contributed by atoms with van der Waals surface area (Å²) in [5, 5.41) is 30.5. The van der Waals surface area contributed by atoms with Crippen LogP contribution in [0, 0.1) is 31.6 Å². The molecule has 0 unspecified atom stereocenters. The quantitative estimate of drug-likeness (QED) is 0.625. The van der Waals surface area contributed by atoms with Crippen LogP contribution < -0.4 is 0 Å². The maximum atomic E-state index is 11.0. The minimum atomic E-state index is -0.687. The Morgan fingerprint density at radius 3 is 2.55 bits per heavy atom. The Bertz CT molecular complexity index is 729. The van der Waals surface area contributed by atoms with Gasteiger partial charge in [0, 0.05) is 12.3 Å². The first-order chi connectivity index (χ1) is 9.52. The number of nitriles is 1. The summed E-state index contributed by atoms with van der Waals surface area (Å²) in [6.07, 6.45) is 1.61. The molecule has 0 amide bonds. The van der Waals surface area contributed by atoms with Crippen LogP contribution in [-0.4, -0.2) is 14.4 Å². The van der Waals surface area contributed by atoms with E-state index in [1.54, 1.807) is 18.3 Å². The van der Waals surface area contributed by atoms with Crippen molar-refractivity contribution in [3.05, 3.63) is 68.0 Å². The first kappa shape index (κ1) is 13.2. The zero-order chi connectivity index (χ0) is 14.7. The van der Waals surface area contributed by atoms with Gasteiger partial charge >= 0.3 is 0 Å². The topological polar surface area (TPSA) is 115 Å². The van der Waals surface area contributed by atoms with E-state index >= 15 is 0 Å². The molecule has 0 radical (unpaired) electrons. The van der Waals surface area contributed by atoms with Crippen LogP contribution in [0.1, 0.15) is 11.3 Å². The van der Waals surface area contributed by atoms with Gasteiger partial charge in [0.1, 0.15) is 11.8 Å². The van der Waals surface area contributed by atoms with Crippen molar-refractivity contribution in [1.82, 2.24) is 4.57 Å². The minimum Gasteiger partial charge on any atom is -0.335 e. The maximum Gasteiger partial charge on any atom is 0.281 e. The molecule has 1 heterocycles. The Kier molecular flexibility index (Phi) is 3.43. The molecule has 0 N–H and O–H groups in total. The van der Waals surface area contributed by atoms with Crippen molar-refractivity contribution in [2.45, 2.75) is 6.54 Å². The lowest BCUT2D eigenvalue weighted by Gasteiger charge is -2.05. The molecule has 0 saturated heterocycles. The van der Waals surface area contributed by atoms with Gasteiger partial charge in [0.05, 0.1) is 28.0 Å². The number of non-ortho nitro benzene ring substituents is 1. The fourth-order valence-electron chi connectivity index (χ4n) is 1.81. The third kappa shape index (κ3) is 2.46. The third-order valence-electron chi connectivity index (χ3n) is 2.76. The SMILES string of the molecule is N#Cc1cccn1Cc1ccc([N+](=O)[O-])cc1[N+](=O)[O-]. The molecule has 20 heavy (non-hydrogen) atoms. The average Bonchev–Trinajstić information content (AvgIpc) is 2.85. The summed E-state index contributed by atoms with van der Waals surface area (Å²) in [7, 11) is 0. The van der Waals surface area contributed by atoms with E-state index in [4.69, 9.17) is 5.26 Å². The van der Waals surface area contributed by atoms with Gasteiger partial charge in [-0.2, -0.15) is 5.26 Å². The fourth-order valence-corrected chi connectivity index (χ4v) is 1.81. The lowest BCUT2D eigenvalue weighted by atomic mass is 10.1. The van der Waals surface area contributed by atoms with E-state index in [1.807, 2.05) is 6.07 Å². The molecule has 1 aromatic carbocycles. The first-order valence-electron chi connectivity index (χ1n) is 5.50. The maximum absolute atomic E-state index is 11.0. The van der Waals surface area contributed by atoms with E-state index in [2.05, 4.69) is 0 Å². The van der Waals surface area contributed by atoms with E-state index in [-0.39, 0.29) is 17.9 Å². The molecule has 0 aliphatic carbocycles. The van der Waals surface area contributed by atoms with Crippen LogP contribution in [0.3, 0.4) is 0 Å². The normalized spacial score (nSPS) is 9.95. The van der Waals surface area contributed by atoms with E-state index < -0.39 is 9.85 Å². The molecule has 0 atom stereocenters. The highest BCUT2D eigenvalue weighted by molar-refractivity contribution is 5.49. The molecule has 1 aromatic heterocycles. The minimum absolute atomic E-state index is 0.101. The number of rotatable bonds is 4. The van der Waals surface area contributed by atoms with E-state index in [1.165, 1.54) is 16.7 Å². The summed E-state index contributed by atoms with van der Waals surface area (Å²) in [5.41, 5.74) is -0.0174. The first-order valence-corrected chi connectivity index (χ1v) is 5.50. The van der Waals surface area contributed by atoms with Crippen molar-refractivity contribution < 1.29 is 9.85 Å². The van der Waals surface area contributed by atoms with Gasteiger partial charge in [0.15, 0.2) is 0 Å².